The van der Waals surface area contributed by atoms with Crippen molar-refractivity contribution in [3.8, 4) is 16.5 Å². The summed E-state index contributed by atoms with van der Waals surface area (Å²) in [5.41, 5.74) is 2.12. The Morgan fingerprint density at radius 2 is 2.16 bits per heavy atom. The number of anilines is 1. The van der Waals surface area contributed by atoms with Crippen LogP contribution in [0, 0.1) is 0 Å². The number of nitrogens with zero attached hydrogens (tertiary/aromatic N) is 4. The Balaban J connectivity index is 1.28. The lowest BCUT2D eigenvalue weighted by Crippen LogP contribution is -2.35. The summed E-state index contributed by atoms with van der Waals surface area (Å²) in [6.07, 6.45) is 10.9. The van der Waals surface area contributed by atoms with E-state index in [2.05, 4.69) is 30.0 Å². The van der Waals surface area contributed by atoms with E-state index in [1.54, 1.807) is 36.7 Å². The van der Waals surface area contributed by atoms with E-state index in [0.717, 1.165) is 29.1 Å². The molecule has 2 N–H and O–H groups in total. The fourth-order valence-electron chi connectivity index (χ4n) is 3.12. The summed E-state index contributed by atoms with van der Waals surface area (Å²) in [5, 5.41) is 4.26. The number of hydrogen-bond acceptors (Lipinski definition) is 9. The molecule has 0 saturated heterocycles. The van der Waals surface area contributed by atoms with Crippen LogP contribution in [0.25, 0.3) is 10.6 Å². The number of rotatable bonds is 9. The summed E-state index contributed by atoms with van der Waals surface area (Å²) in [4.78, 5) is 31.1. The Hall–Kier alpha value is -2.72. The normalized spacial score (nSPS) is 16.5. The highest BCUT2D eigenvalue weighted by molar-refractivity contribution is 8.01. The summed E-state index contributed by atoms with van der Waals surface area (Å²) in [6.45, 7) is 2.41. The highest BCUT2D eigenvalue weighted by Crippen LogP contribution is 2.45. The Labute approximate surface area is 188 Å². The third-order valence-corrected chi connectivity index (χ3v) is 7.25. The molecule has 2 aliphatic rings. The smallest absolute Gasteiger partial charge is 0.281 e. The van der Waals surface area contributed by atoms with Gasteiger partial charge in [0.15, 0.2) is 5.01 Å². The molecule has 2 saturated carbocycles. The van der Waals surface area contributed by atoms with Crippen LogP contribution in [0.15, 0.2) is 36.9 Å². The van der Waals surface area contributed by atoms with E-state index in [4.69, 9.17) is 4.74 Å². The van der Waals surface area contributed by atoms with E-state index in [1.807, 2.05) is 19.1 Å². The Bertz CT molecular complexity index is 1100. The average Bonchev–Trinajstić information content (AvgIpc) is 3.72. The number of carbonyl (C=O) groups is 1. The SMILES string of the molecule is CCOc1cncc(-c2cnc(C(=O)NC3(c4cc(NSC5CC5)ccn4)CC3)s2)n1. The van der Waals surface area contributed by atoms with Gasteiger partial charge in [-0.15, -0.1) is 11.3 Å². The van der Waals surface area contributed by atoms with Crippen LogP contribution in [0.3, 0.4) is 0 Å². The van der Waals surface area contributed by atoms with Crippen LogP contribution in [-0.4, -0.2) is 37.7 Å². The lowest BCUT2D eigenvalue weighted by atomic mass is 10.1. The molecule has 8 nitrogen and oxygen atoms in total. The fourth-order valence-corrected chi connectivity index (χ4v) is 4.68. The summed E-state index contributed by atoms with van der Waals surface area (Å²) >= 11 is 3.05. The van der Waals surface area contributed by atoms with Gasteiger partial charge in [0.25, 0.3) is 5.91 Å². The Morgan fingerprint density at radius 1 is 1.29 bits per heavy atom. The maximum atomic E-state index is 12.9. The number of ether oxygens (including phenoxy) is 1. The number of carbonyl (C=O) groups excluding carboxylic acids is 1. The minimum Gasteiger partial charge on any atom is -0.477 e. The first-order valence-electron chi connectivity index (χ1n) is 10.3. The molecule has 10 heteroatoms. The van der Waals surface area contributed by atoms with Crippen LogP contribution in [0.4, 0.5) is 5.69 Å². The molecule has 5 rings (SSSR count). The fraction of sp³-hybridized carbons (Fsp3) is 0.381. The van der Waals surface area contributed by atoms with E-state index in [0.29, 0.717) is 28.4 Å². The second-order valence-electron chi connectivity index (χ2n) is 7.59. The van der Waals surface area contributed by atoms with Gasteiger partial charge in [-0.1, -0.05) is 0 Å². The number of thiazole rings is 1. The molecule has 1 amide bonds. The third-order valence-electron chi connectivity index (χ3n) is 5.08. The molecular formula is C21H22N6O2S2. The summed E-state index contributed by atoms with van der Waals surface area (Å²) in [6, 6.07) is 3.99. The zero-order valence-corrected chi connectivity index (χ0v) is 18.6. The van der Waals surface area contributed by atoms with Crippen LogP contribution in [0.1, 0.15) is 48.1 Å². The quantitative estimate of drug-likeness (QED) is 0.467. The first-order valence-corrected chi connectivity index (χ1v) is 12.0. The third kappa shape index (κ3) is 4.64. The summed E-state index contributed by atoms with van der Waals surface area (Å²) in [7, 11) is 0. The van der Waals surface area contributed by atoms with Gasteiger partial charge in [0, 0.05) is 23.3 Å². The molecule has 0 aromatic carbocycles. The van der Waals surface area contributed by atoms with Crippen LogP contribution in [0.2, 0.25) is 0 Å². The van der Waals surface area contributed by atoms with Gasteiger partial charge in [0.05, 0.1) is 35.1 Å². The van der Waals surface area contributed by atoms with E-state index in [-0.39, 0.29) is 5.91 Å². The Morgan fingerprint density at radius 3 is 2.94 bits per heavy atom. The van der Waals surface area contributed by atoms with Gasteiger partial charge in [0.2, 0.25) is 5.88 Å². The first-order chi connectivity index (χ1) is 15.1. The zero-order valence-electron chi connectivity index (χ0n) is 17.0. The van der Waals surface area contributed by atoms with Crippen LogP contribution >= 0.6 is 23.3 Å². The number of aromatic nitrogens is 4. The minimum atomic E-state index is -0.417. The van der Waals surface area contributed by atoms with Gasteiger partial charge < -0.3 is 14.8 Å². The maximum absolute atomic E-state index is 12.9. The lowest BCUT2D eigenvalue weighted by Gasteiger charge is -2.17. The molecule has 0 aliphatic heterocycles. The standard InChI is InChI=1S/C21H22N6O2S2/c1-2-29-18-12-22-10-15(25-18)16-11-24-20(30-16)19(28)26-21(6-7-21)17-9-13(5-8-23-17)27-31-14-3-4-14/h5,8-12,14H,2-4,6-7H2,1H3,(H,23,27)(H,26,28). The van der Waals surface area contributed by atoms with Crippen molar-refractivity contribution in [1.29, 1.82) is 0 Å². The van der Waals surface area contributed by atoms with Crippen LogP contribution < -0.4 is 14.8 Å². The Kier molecular flexibility index (Phi) is 5.49. The van der Waals surface area contributed by atoms with Crippen molar-refractivity contribution >= 4 is 34.9 Å². The molecule has 160 valence electrons. The van der Waals surface area contributed by atoms with Gasteiger partial charge in [-0.2, -0.15) is 0 Å². The second kappa shape index (κ2) is 8.43. The van der Waals surface area contributed by atoms with Gasteiger partial charge in [-0.3, -0.25) is 14.8 Å². The second-order valence-corrected chi connectivity index (χ2v) is 9.73. The zero-order chi connectivity index (χ0) is 21.3. The van der Waals surface area contributed by atoms with E-state index in [9.17, 15) is 4.79 Å². The lowest BCUT2D eigenvalue weighted by molar-refractivity contribution is 0.0929. The van der Waals surface area contributed by atoms with E-state index >= 15 is 0 Å². The summed E-state index contributed by atoms with van der Waals surface area (Å²) < 4.78 is 8.80. The topological polar surface area (TPSA) is 102 Å². The molecule has 3 aromatic rings. The molecule has 0 radical (unpaired) electrons. The molecule has 0 spiro atoms. The highest BCUT2D eigenvalue weighted by Gasteiger charge is 2.47. The monoisotopic (exact) mass is 454 g/mol. The number of nitrogens with one attached hydrogen (secondary N) is 2. The molecule has 2 aliphatic carbocycles. The minimum absolute atomic E-state index is 0.199. The van der Waals surface area contributed by atoms with Gasteiger partial charge >= 0.3 is 0 Å². The molecule has 0 unspecified atom stereocenters. The van der Waals surface area contributed by atoms with Crippen molar-refractivity contribution in [2.45, 2.75) is 43.4 Å². The first kappa shape index (κ1) is 20.2. The maximum Gasteiger partial charge on any atom is 0.281 e. The van der Waals surface area contributed by atoms with E-state index < -0.39 is 5.54 Å². The van der Waals surface area contributed by atoms with Gasteiger partial charge in [-0.25, -0.2) is 9.97 Å². The average molecular weight is 455 g/mol. The van der Waals surface area contributed by atoms with Crippen molar-refractivity contribution in [3.05, 3.63) is 47.6 Å². The largest absolute Gasteiger partial charge is 0.477 e. The van der Waals surface area contributed by atoms with Crippen molar-refractivity contribution < 1.29 is 9.53 Å². The van der Waals surface area contributed by atoms with Crippen LogP contribution in [-0.2, 0) is 5.54 Å². The molecule has 0 atom stereocenters. The molecule has 3 heterocycles. The predicted octanol–water partition coefficient (Wildman–Crippen LogP) is 4.04. The van der Waals surface area contributed by atoms with E-state index in [1.165, 1.54) is 24.2 Å². The van der Waals surface area contributed by atoms with Crippen LogP contribution in [0.5, 0.6) is 5.88 Å². The molecule has 31 heavy (non-hydrogen) atoms. The van der Waals surface area contributed by atoms with Gasteiger partial charge in [-0.05, 0) is 56.7 Å². The molecule has 2 fully saturated rings. The molecular weight excluding hydrogens is 432 g/mol. The van der Waals surface area contributed by atoms with Crippen molar-refractivity contribution in [3.63, 3.8) is 0 Å². The van der Waals surface area contributed by atoms with Gasteiger partial charge in [0.1, 0.15) is 5.69 Å². The number of hydrogen-bond donors (Lipinski definition) is 2. The predicted molar refractivity (Wildman–Crippen MR) is 121 cm³/mol. The molecule has 3 aromatic heterocycles. The van der Waals surface area contributed by atoms with Crippen molar-refractivity contribution in [2.24, 2.45) is 0 Å². The van der Waals surface area contributed by atoms with Crippen molar-refractivity contribution in [1.82, 2.24) is 25.3 Å². The highest BCUT2D eigenvalue weighted by atomic mass is 32.2. The molecule has 0 bridgehead atoms. The van der Waals surface area contributed by atoms with Crippen molar-refractivity contribution in [2.75, 3.05) is 11.3 Å². The number of amides is 1. The number of pyridine rings is 1. The summed E-state index contributed by atoms with van der Waals surface area (Å²) in [5.74, 6) is 0.255.